The predicted octanol–water partition coefficient (Wildman–Crippen LogP) is -0.194. The van der Waals surface area contributed by atoms with Crippen LogP contribution in [0.4, 0.5) is 0 Å². The van der Waals surface area contributed by atoms with Gasteiger partial charge in [0.2, 0.25) is 6.29 Å². The molecule has 0 saturated carbocycles. The number of ether oxygens (including phenoxy) is 3. The quantitative estimate of drug-likeness (QED) is 0.699. The molecule has 2 fully saturated rings. The van der Waals surface area contributed by atoms with E-state index in [9.17, 15) is 5.11 Å². The first-order valence-corrected chi connectivity index (χ1v) is 5.20. The summed E-state index contributed by atoms with van der Waals surface area (Å²) in [5, 5.41) is 18.3. The lowest BCUT2D eigenvalue weighted by Crippen LogP contribution is -2.30. The first kappa shape index (κ1) is 12.3. The maximum absolute atomic E-state index is 9.43. The van der Waals surface area contributed by atoms with E-state index in [0.29, 0.717) is 0 Å². The molecular weight excluding hydrogens is 212 g/mol. The van der Waals surface area contributed by atoms with Crippen molar-refractivity contribution in [3.8, 4) is 0 Å². The minimum absolute atomic E-state index is 0.0180. The van der Waals surface area contributed by atoms with Gasteiger partial charge in [0, 0.05) is 6.42 Å². The van der Waals surface area contributed by atoms with Crippen LogP contribution in [0.15, 0.2) is 0 Å². The Morgan fingerprint density at radius 2 is 2.25 bits per heavy atom. The zero-order valence-corrected chi connectivity index (χ0v) is 8.95. The molecule has 5 radical (unpaired) electrons. The Morgan fingerprint density at radius 3 is 2.88 bits per heavy atom. The third-order valence-electron chi connectivity index (χ3n) is 2.37. The molecule has 2 N–H and O–H groups in total. The fraction of sp³-hybridized carbons (Fsp3) is 0.545. The summed E-state index contributed by atoms with van der Waals surface area (Å²) in [6.45, 7) is 1.64. The third-order valence-corrected chi connectivity index (χ3v) is 2.37. The molecule has 2 aliphatic heterocycles. The summed E-state index contributed by atoms with van der Waals surface area (Å²) in [5.74, 6) is 0. The number of hydrogen-bond acceptors (Lipinski definition) is 5. The molecule has 0 aromatic carbocycles. The molecule has 0 aromatic rings. The van der Waals surface area contributed by atoms with Gasteiger partial charge in [0.05, 0.1) is 25.2 Å². The van der Waals surface area contributed by atoms with Crippen molar-refractivity contribution < 1.29 is 24.4 Å². The van der Waals surface area contributed by atoms with Crippen molar-refractivity contribution in [1.29, 1.82) is 0 Å². The van der Waals surface area contributed by atoms with Crippen LogP contribution >= 0.6 is 0 Å². The highest BCUT2D eigenvalue weighted by Crippen LogP contribution is 2.29. The lowest BCUT2D eigenvalue weighted by atomic mass is 10.1. The Bertz CT molecular complexity index is 222. The maximum atomic E-state index is 9.43. The number of aliphatic hydroxyl groups is 2. The van der Waals surface area contributed by atoms with Crippen LogP contribution in [-0.4, -0.2) is 41.4 Å². The van der Waals surface area contributed by atoms with Crippen molar-refractivity contribution in [3.05, 3.63) is 32.0 Å². The van der Waals surface area contributed by atoms with E-state index >= 15 is 0 Å². The molecule has 16 heavy (non-hydrogen) atoms. The topological polar surface area (TPSA) is 68.2 Å². The molecule has 0 aromatic heterocycles. The molecule has 4 atom stereocenters. The molecule has 0 spiro atoms. The number of rotatable bonds is 3. The van der Waals surface area contributed by atoms with Crippen molar-refractivity contribution in [2.75, 3.05) is 6.61 Å². The summed E-state index contributed by atoms with van der Waals surface area (Å²) < 4.78 is 16.0. The van der Waals surface area contributed by atoms with E-state index in [0.717, 1.165) is 0 Å². The Kier molecular flexibility index (Phi) is 4.16. The van der Waals surface area contributed by atoms with Gasteiger partial charge in [-0.1, -0.05) is 0 Å². The lowest BCUT2D eigenvalue weighted by Gasteiger charge is -2.28. The molecule has 2 rings (SSSR count). The summed E-state index contributed by atoms with van der Waals surface area (Å²) in [4.78, 5) is 0. The second-order valence-electron chi connectivity index (χ2n) is 3.72. The second kappa shape index (κ2) is 5.42. The Balaban J connectivity index is 1.77. The Hall–Kier alpha value is -0.200. The van der Waals surface area contributed by atoms with E-state index < -0.39 is 18.5 Å². The van der Waals surface area contributed by atoms with Gasteiger partial charge in [0.25, 0.3) is 0 Å². The molecular formula is C11H15O5. The van der Waals surface area contributed by atoms with Gasteiger partial charge < -0.3 is 24.4 Å². The summed E-state index contributed by atoms with van der Waals surface area (Å²) in [5.41, 5.74) is 0. The lowest BCUT2D eigenvalue weighted by molar-refractivity contribution is -0.182. The SMILES string of the molecule is C[C@@H]1[CH][CH][CH][C@@H](O[C]2[CH][C@H](O)[C@@H](CO)O2)O1. The highest BCUT2D eigenvalue weighted by atomic mass is 16.8. The van der Waals surface area contributed by atoms with Gasteiger partial charge >= 0.3 is 0 Å². The van der Waals surface area contributed by atoms with Gasteiger partial charge in [-0.3, -0.25) is 0 Å². The number of aliphatic hydroxyl groups excluding tert-OH is 2. The Labute approximate surface area is 95.3 Å². The molecule has 89 valence electrons. The third kappa shape index (κ3) is 2.93. The smallest absolute Gasteiger partial charge is 0.233 e. The van der Waals surface area contributed by atoms with Crippen LogP contribution in [0.2, 0.25) is 0 Å². The van der Waals surface area contributed by atoms with Crippen molar-refractivity contribution in [2.24, 2.45) is 0 Å². The summed E-state index contributed by atoms with van der Waals surface area (Å²) in [7, 11) is 0. The minimum atomic E-state index is -0.837. The largest absolute Gasteiger partial charge is 0.394 e. The van der Waals surface area contributed by atoms with Gasteiger partial charge in [-0.15, -0.1) is 0 Å². The van der Waals surface area contributed by atoms with Crippen LogP contribution in [0, 0.1) is 32.0 Å². The average Bonchev–Trinajstić information content (AvgIpc) is 2.58. The van der Waals surface area contributed by atoms with E-state index in [1.54, 1.807) is 6.42 Å². The Morgan fingerprint density at radius 1 is 1.44 bits per heavy atom. The molecule has 2 heterocycles. The normalized spacial score (nSPS) is 41.4. The van der Waals surface area contributed by atoms with Crippen molar-refractivity contribution in [3.63, 3.8) is 0 Å². The molecule has 2 saturated heterocycles. The summed E-state index contributed by atoms with van der Waals surface area (Å²) >= 11 is 0. The minimum Gasteiger partial charge on any atom is -0.394 e. The standard InChI is InChI=1S/C11H15O5/c1-7-3-2-4-10(14-7)16-11-5-8(13)9(6-12)15-11/h2-5,7-10,12-13H,6H2,1H3/t7-,8+,9-,10-/m1/s1. The van der Waals surface area contributed by atoms with Crippen LogP contribution in [0.5, 0.6) is 0 Å². The predicted molar refractivity (Wildman–Crippen MR) is 53.8 cm³/mol. The van der Waals surface area contributed by atoms with E-state index in [2.05, 4.69) is 0 Å². The highest BCUT2D eigenvalue weighted by molar-refractivity contribution is 5.08. The maximum Gasteiger partial charge on any atom is 0.233 e. The van der Waals surface area contributed by atoms with Crippen molar-refractivity contribution >= 4 is 0 Å². The average molecular weight is 227 g/mol. The van der Waals surface area contributed by atoms with Gasteiger partial charge in [0.1, 0.15) is 6.10 Å². The van der Waals surface area contributed by atoms with Crippen LogP contribution < -0.4 is 0 Å². The van der Waals surface area contributed by atoms with E-state index in [4.69, 9.17) is 19.3 Å². The highest BCUT2D eigenvalue weighted by Gasteiger charge is 2.38. The van der Waals surface area contributed by atoms with Gasteiger partial charge in [-0.05, 0) is 19.8 Å². The molecule has 0 unspecified atom stereocenters. The molecule has 0 aliphatic carbocycles. The van der Waals surface area contributed by atoms with Gasteiger partial charge in [0.15, 0.2) is 6.29 Å². The van der Waals surface area contributed by atoms with Crippen LogP contribution in [0.1, 0.15) is 6.92 Å². The van der Waals surface area contributed by atoms with Crippen LogP contribution in [0.3, 0.4) is 0 Å². The fourth-order valence-electron chi connectivity index (χ4n) is 1.51. The second-order valence-corrected chi connectivity index (χ2v) is 3.72. The van der Waals surface area contributed by atoms with Crippen LogP contribution in [0.25, 0.3) is 0 Å². The first-order valence-electron chi connectivity index (χ1n) is 5.20. The molecule has 0 amide bonds. The zero-order chi connectivity index (χ0) is 11.5. The molecule has 0 bridgehead atoms. The first-order chi connectivity index (χ1) is 7.69. The monoisotopic (exact) mass is 227 g/mol. The van der Waals surface area contributed by atoms with E-state index in [1.165, 1.54) is 6.42 Å². The molecule has 5 heteroatoms. The van der Waals surface area contributed by atoms with Gasteiger partial charge in [-0.25, -0.2) is 0 Å². The molecule has 2 aliphatic rings. The van der Waals surface area contributed by atoms with E-state index in [-0.39, 0.29) is 19.0 Å². The fourth-order valence-corrected chi connectivity index (χ4v) is 1.51. The van der Waals surface area contributed by atoms with Crippen LogP contribution in [-0.2, 0) is 14.2 Å². The summed E-state index contributed by atoms with van der Waals surface area (Å²) in [6, 6.07) is 0. The molecule has 5 nitrogen and oxygen atoms in total. The van der Waals surface area contributed by atoms with Gasteiger partial charge in [-0.2, -0.15) is 0 Å². The number of hydrogen-bond donors (Lipinski definition) is 2. The zero-order valence-electron chi connectivity index (χ0n) is 8.95. The van der Waals surface area contributed by atoms with E-state index in [1.807, 2.05) is 19.8 Å². The van der Waals surface area contributed by atoms with Crippen molar-refractivity contribution in [2.45, 2.75) is 31.5 Å². The van der Waals surface area contributed by atoms with Crippen molar-refractivity contribution in [1.82, 2.24) is 0 Å². The summed E-state index contributed by atoms with van der Waals surface area (Å²) in [6.07, 6.45) is 5.08.